The van der Waals surface area contributed by atoms with Gasteiger partial charge in [-0.2, -0.15) is 18.2 Å². The summed E-state index contributed by atoms with van der Waals surface area (Å²) in [6.45, 7) is 0. The van der Waals surface area contributed by atoms with Crippen LogP contribution in [0.4, 0.5) is 19.1 Å². The molecule has 9 nitrogen and oxygen atoms in total. The molecule has 0 unspecified atom stereocenters. The maximum absolute atomic E-state index is 13.2. The zero-order valence-corrected chi connectivity index (χ0v) is 15.6. The summed E-state index contributed by atoms with van der Waals surface area (Å²) in [6, 6.07) is 12.7. The molecule has 0 spiro atoms. The lowest BCUT2D eigenvalue weighted by atomic mass is 10.0. The Morgan fingerprint density at radius 3 is 2.58 bits per heavy atom. The largest absolute Gasteiger partial charge is 0.508 e. The second-order valence-corrected chi connectivity index (χ2v) is 6.75. The third-order valence-electron chi connectivity index (χ3n) is 4.72. The molecule has 0 fully saturated rings. The average Bonchev–Trinajstić information content (AvgIpc) is 3.44. The number of tetrazole rings is 1. The number of aromatic nitrogens is 7. The number of benzene rings is 2. The first kappa shape index (κ1) is 18.8. The van der Waals surface area contributed by atoms with Crippen molar-refractivity contribution in [1.29, 1.82) is 0 Å². The van der Waals surface area contributed by atoms with Gasteiger partial charge in [0, 0.05) is 5.70 Å². The molecule has 5 rings (SSSR count). The zero-order chi connectivity index (χ0) is 21.6. The van der Waals surface area contributed by atoms with Crippen LogP contribution in [-0.2, 0) is 6.18 Å². The average molecular weight is 426 g/mol. The smallest absolute Gasteiger partial charge is 0.453 e. The highest BCUT2D eigenvalue weighted by molar-refractivity contribution is 5.78. The van der Waals surface area contributed by atoms with Crippen LogP contribution in [0.1, 0.15) is 23.0 Å². The van der Waals surface area contributed by atoms with Gasteiger partial charge in [0.25, 0.3) is 5.82 Å². The molecule has 0 amide bonds. The van der Waals surface area contributed by atoms with Gasteiger partial charge in [-0.3, -0.25) is 0 Å². The highest BCUT2D eigenvalue weighted by Gasteiger charge is 2.39. The summed E-state index contributed by atoms with van der Waals surface area (Å²) < 4.78 is 42.4. The Morgan fingerprint density at radius 2 is 1.87 bits per heavy atom. The summed E-state index contributed by atoms with van der Waals surface area (Å²) in [5.74, 6) is -1.24. The minimum atomic E-state index is -4.69. The molecule has 0 saturated carbocycles. The van der Waals surface area contributed by atoms with Crippen LogP contribution in [0.25, 0.3) is 11.4 Å². The van der Waals surface area contributed by atoms with Gasteiger partial charge in [-0.1, -0.05) is 24.3 Å². The van der Waals surface area contributed by atoms with Gasteiger partial charge in [0.1, 0.15) is 18.1 Å². The third-order valence-corrected chi connectivity index (χ3v) is 4.72. The van der Waals surface area contributed by atoms with E-state index in [1.54, 1.807) is 42.5 Å². The molecule has 2 aromatic carbocycles. The van der Waals surface area contributed by atoms with Gasteiger partial charge < -0.3 is 10.4 Å². The van der Waals surface area contributed by atoms with Crippen molar-refractivity contribution in [3.63, 3.8) is 0 Å². The fourth-order valence-electron chi connectivity index (χ4n) is 3.29. The standard InChI is InChI=1S/C19H13F3N8O/c20-19(21,22)17-25-18-24-15(12-2-1-3-13(8-12)29-10-23-27-28-29)9-16(30(18)26-17)11-4-6-14(31)7-5-11/h1-10,16,31H,(H,24,25,26)/t16-/m1/s1. The van der Waals surface area contributed by atoms with Crippen molar-refractivity contribution in [2.45, 2.75) is 12.2 Å². The maximum Gasteiger partial charge on any atom is 0.453 e. The molecule has 12 heteroatoms. The Labute approximate surface area is 172 Å². The van der Waals surface area contributed by atoms with E-state index >= 15 is 0 Å². The lowest BCUT2D eigenvalue weighted by Crippen LogP contribution is -2.20. The molecule has 0 bridgehead atoms. The minimum Gasteiger partial charge on any atom is -0.508 e. The third kappa shape index (κ3) is 3.47. The Hall–Kier alpha value is -4.22. The highest BCUT2D eigenvalue weighted by Crippen LogP contribution is 2.36. The summed E-state index contributed by atoms with van der Waals surface area (Å²) in [5.41, 5.74) is 2.55. The topological polar surface area (TPSA) is 107 Å². The molecular formula is C19H13F3N8O. The van der Waals surface area contributed by atoms with E-state index in [9.17, 15) is 18.3 Å². The molecular weight excluding hydrogens is 413 g/mol. The fraction of sp³-hybridized carbons (Fsp3) is 0.105. The first-order valence-electron chi connectivity index (χ1n) is 9.04. The number of rotatable bonds is 3. The van der Waals surface area contributed by atoms with E-state index in [1.807, 2.05) is 0 Å². The van der Waals surface area contributed by atoms with E-state index in [2.05, 4.69) is 30.9 Å². The molecule has 0 radical (unpaired) electrons. The first-order valence-corrected chi connectivity index (χ1v) is 9.04. The van der Waals surface area contributed by atoms with Crippen molar-refractivity contribution in [3.8, 4) is 11.4 Å². The first-order chi connectivity index (χ1) is 14.9. The van der Waals surface area contributed by atoms with Crippen LogP contribution in [0, 0.1) is 0 Å². The number of allylic oxidation sites excluding steroid dienone is 1. The van der Waals surface area contributed by atoms with Gasteiger partial charge in [-0.25, -0.2) is 9.36 Å². The van der Waals surface area contributed by atoms with E-state index in [1.165, 1.54) is 27.8 Å². The number of nitrogens with one attached hydrogen (secondary N) is 1. The number of alkyl halides is 3. The van der Waals surface area contributed by atoms with Crippen molar-refractivity contribution in [2.75, 3.05) is 5.32 Å². The molecule has 2 N–H and O–H groups in total. The normalized spacial score (nSPS) is 15.8. The van der Waals surface area contributed by atoms with E-state index in [-0.39, 0.29) is 11.7 Å². The SMILES string of the molecule is Oc1ccc([C@H]2C=C(c3cccc(-n4cnnn4)c3)Nc3nc(C(F)(F)F)nn32)cc1. The molecule has 4 aromatic rings. The zero-order valence-electron chi connectivity index (χ0n) is 15.6. The van der Waals surface area contributed by atoms with Gasteiger partial charge in [-0.05, 0) is 51.9 Å². The Bertz CT molecular complexity index is 1260. The van der Waals surface area contributed by atoms with Gasteiger partial charge >= 0.3 is 6.18 Å². The summed E-state index contributed by atoms with van der Waals surface area (Å²) in [5, 5.41) is 27.2. The fourth-order valence-corrected chi connectivity index (χ4v) is 3.29. The van der Waals surface area contributed by atoms with Crippen LogP contribution >= 0.6 is 0 Å². The molecule has 1 aliphatic rings. The number of hydrogen-bond donors (Lipinski definition) is 2. The molecule has 1 aliphatic heterocycles. The Kier molecular flexibility index (Phi) is 4.20. The summed E-state index contributed by atoms with van der Waals surface area (Å²) >= 11 is 0. The van der Waals surface area contributed by atoms with Crippen LogP contribution in [-0.4, -0.2) is 40.1 Å². The lowest BCUT2D eigenvalue weighted by molar-refractivity contribution is -0.145. The van der Waals surface area contributed by atoms with Crippen LogP contribution in [0.5, 0.6) is 5.75 Å². The van der Waals surface area contributed by atoms with Crippen LogP contribution in [0.2, 0.25) is 0 Å². The number of hydrogen-bond acceptors (Lipinski definition) is 7. The molecule has 31 heavy (non-hydrogen) atoms. The van der Waals surface area contributed by atoms with Crippen LogP contribution in [0.3, 0.4) is 0 Å². The van der Waals surface area contributed by atoms with Crippen LogP contribution in [0.15, 0.2) is 60.9 Å². The number of phenols is 1. The van der Waals surface area contributed by atoms with Gasteiger partial charge in [0.05, 0.1) is 5.69 Å². The lowest BCUT2D eigenvalue weighted by Gasteiger charge is -2.24. The molecule has 3 heterocycles. The van der Waals surface area contributed by atoms with E-state index in [0.29, 0.717) is 22.5 Å². The number of phenolic OH excluding ortho intramolecular Hbond substituents is 1. The predicted octanol–water partition coefficient (Wildman–Crippen LogP) is 3.03. The van der Waals surface area contributed by atoms with Gasteiger partial charge in [-0.15, -0.1) is 10.2 Å². The molecule has 0 saturated heterocycles. The number of anilines is 1. The van der Waals surface area contributed by atoms with Gasteiger partial charge in [0.2, 0.25) is 5.95 Å². The van der Waals surface area contributed by atoms with Crippen LogP contribution < -0.4 is 5.32 Å². The Balaban J connectivity index is 1.61. The number of fused-ring (bicyclic) bond motifs is 1. The van der Waals surface area contributed by atoms with Crippen molar-refractivity contribution in [1.82, 2.24) is 35.0 Å². The van der Waals surface area contributed by atoms with Crippen molar-refractivity contribution in [2.24, 2.45) is 0 Å². The van der Waals surface area contributed by atoms with E-state index in [0.717, 1.165) is 0 Å². The second kappa shape index (κ2) is 6.93. The minimum absolute atomic E-state index is 0.0456. The molecule has 0 aliphatic carbocycles. The quantitative estimate of drug-likeness (QED) is 0.519. The van der Waals surface area contributed by atoms with Crippen molar-refractivity contribution in [3.05, 3.63) is 77.9 Å². The van der Waals surface area contributed by atoms with E-state index < -0.39 is 18.0 Å². The number of aromatic hydroxyl groups is 1. The molecule has 156 valence electrons. The van der Waals surface area contributed by atoms with Gasteiger partial charge in [0.15, 0.2) is 0 Å². The molecule has 1 atom stereocenters. The predicted molar refractivity (Wildman–Crippen MR) is 102 cm³/mol. The van der Waals surface area contributed by atoms with E-state index in [4.69, 9.17) is 0 Å². The van der Waals surface area contributed by atoms with Crippen molar-refractivity contribution >= 4 is 11.6 Å². The number of nitrogens with zero attached hydrogens (tertiary/aromatic N) is 7. The second-order valence-electron chi connectivity index (χ2n) is 6.75. The highest BCUT2D eigenvalue weighted by atomic mass is 19.4. The van der Waals surface area contributed by atoms with Crippen molar-refractivity contribution < 1.29 is 18.3 Å². The monoisotopic (exact) mass is 426 g/mol. The summed E-state index contributed by atoms with van der Waals surface area (Å²) in [4.78, 5) is 3.65. The Morgan fingerprint density at radius 1 is 1.06 bits per heavy atom. The summed E-state index contributed by atoms with van der Waals surface area (Å²) in [7, 11) is 0. The maximum atomic E-state index is 13.2. The molecule has 2 aromatic heterocycles. The number of halogens is 3. The summed E-state index contributed by atoms with van der Waals surface area (Å²) in [6.07, 6.45) is -1.51.